The second kappa shape index (κ2) is 5.95. The molecule has 0 saturated carbocycles. The molecule has 0 spiro atoms. The summed E-state index contributed by atoms with van der Waals surface area (Å²) in [4.78, 5) is 12.0. The first-order chi connectivity index (χ1) is 9.11. The minimum absolute atomic E-state index is 0.00461. The normalized spacial score (nSPS) is 10.3. The molecule has 0 atom stereocenters. The average molecular weight is 323 g/mol. The van der Waals surface area contributed by atoms with E-state index in [0.717, 1.165) is 5.56 Å². The van der Waals surface area contributed by atoms with Crippen molar-refractivity contribution in [3.8, 4) is 0 Å². The lowest BCUT2D eigenvalue weighted by molar-refractivity contribution is 0.102. The van der Waals surface area contributed by atoms with Crippen molar-refractivity contribution in [2.45, 2.75) is 6.54 Å². The largest absolute Gasteiger partial charge is 0.326 e. The van der Waals surface area contributed by atoms with E-state index in [4.69, 9.17) is 5.73 Å². The molecule has 3 nitrogen and oxygen atoms in total. The standard InChI is InChI=1S/C14H12BrFN2O/c15-10-5-6-11(12(16)7-10)14(19)18-13-4-2-1-3-9(13)8-17/h1-7H,8,17H2,(H,18,19). The van der Waals surface area contributed by atoms with E-state index in [0.29, 0.717) is 16.7 Å². The fraction of sp³-hybridized carbons (Fsp3) is 0.0714. The first-order valence-corrected chi connectivity index (χ1v) is 6.45. The number of nitrogens with two attached hydrogens (primary N) is 1. The molecule has 0 unspecified atom stereocenters. The Balaban J connectivity index is 2.26. The van der Waals surface area contributed by atoms with Gasteiger partial charge in [0.2, 0.25) is 0 Å². The van der Waals surface area contributed by atoms with E-state index in [2.05, 4.69) is 21.2 Å². The van der Waals surface area contributed by atoms with Crippen LogP contribution in [0.1, 0.15) is 15.9 Å². The number of halogens is 2. The lowest BCUT2D eigenvalue weighted by Gasteiger charge is -2.10. The van der Waals surface area contributed by atoms with Gasteiger partial charge in [-0.3, -0.25) is 4.79 Å². The van der Waals surface area contributed by atoms with Crippen LogP contribution in [0.5, 0.6) is 0 Å². The van der Waals surface area contributed by atoms with E-state index >= 15 is 0 Å². The summed E-state index contributed by atoms with van der Waals surface area (Å²) >= 11 is 3.15. The van der Waals surface area contributed by atoms with Crippen molar-refractivity contribution in [2.75, 3.05) is 5.32 Å². The summed E-state index contributed by atoms with van der Waals surface area (Å²) in [7, 11) is 0. The van der Waals surface area contributed by atoms with Gasteiger partial charge in [0, 0.05) is 16.7 Å². The molecule has 0 bridgehead atoms. The average Bonchev–Trinajstić information content (AvgIpc) is 2.39. The van der Waals surface area contributed by atoms with Gasteiger partial charge in [0.1, 0.15) is 5.82 Å². The highest BCUT2D eigenvalue weighted by atomic mass is 79.9. The first-order valence-electron chi connectivity index (χ1n) is 5.66. The van der Waals surface area contributed by atoms with Crippen molar-refractivity contribution in [3.63, 3.8) is 0 Å². The Morgan fingerprint density at radius 1 is 1.26 bits per heavy atom. The highest BCUT2D eigenvalue weighted by Crippen LogP contribution is 2.19. The SMILES string of the molecule is NCc1ccccc1NC(=O)c1ccc(Br)cc1F. The van der Waals surface area contributed by atoms with Gasteiger partial charge in [0.15, 0.2) is 0 Å². The molecule has 1 amide bonds. The van der Waals surface area contributed by atoms with E-state index in [1.807, 2.05) is 12.1 Å². The maximum Gasteiger partial charge on any atom is 0.258 e. The van der Waals surface area contributed by atoms with Gasteiger partial charge in [0.05, 0.1) is 5.56 Å². The molecule has 2 rings (SSSR count). The zero-order valence-electron chi connectivity index (χ0n) is 9.99. The van der Waals surface area contributed by atoms with Gasteiger partial charge >= 0.3 is 0 Å². The van der Waals surface area contributed by atoms with Crippen molar-refractivity contribution >= 4 is 27.5 Å². The van der Waals surface area contributed by atoms with Gasteiger partial charge in [-0.15, -0.1) is 0 Å². The van der Waals surface area contributed by atoms with Crippen LogP contribution in [-0.4, -0.2) is 5.91 Å². The molecule has 5 heteroatoms. The Morgan fingerprint density at radius 2 is 2.00 bits per heavy atom. The summed E-state index contributed by atoms with van der Waals surface area (Å²) in [6.45, 7) is 0.305. The minimum atomic E-state index is -0.572. The second-order valence-electron chi connectivity index (χ2n) is 3.94. The molecule has 0 aliphatic rings. The van der Waals surface area contributed by atoms with E-state index in [1.54, 1.807) is 18.2 Å². The molecule has 2 aromatic carbocycles. The molecule has 0 aliphatic heterocycles. The number of hydrogen-bond donors (Lipinski definition) is 2. The van der Waals surface area contributed by atoms with Crippen molar-refractivity contribution in [1.82, 2.24) is 0 Å². The molecule has 3 N–H and O–H groups in total. The number of anilines is 1. The van der Waals surface area contributed by atoms with Crippen molar-refractivity contribution < 1.29 is 9.18 Å². The smallest absolute Gasteiger partial charge is 0.258 e. The van der Waals surface area contributed by atoms with Crippen LogP contribution in [0.15, 0.2) is 46.9 Å². The molecule has 2 aromatic rings. The molecule has 0 aromatic heterocycles. The third kappa shape index (κ3) is 3.19. The van der Waals surface area contributed by atoms with Crippen LogP contribution >= 0.6 is 15.9 Å². The lowest BCUT2D eigenvalue weighted by Crippen LogP contribution is -2.15. The van der Waals surface area contributed by atoms with Crippen LogP contribution in [0.3, 0.4) is 0 Å². The maximum absolute atomic E-state index is 13.7. The van der Waals surface area contributed by atoms with Crippen LogP contribution in [0.2, 0.25) is 0 Å². The van der Waals surface area contributed by atoms with Gasteiger partial charge in [-0.2, -0.15) is 0 Å². The number of nitrogens with one attached hydrogen (secondary N) is 1. The van der Waals surface area contributed by atoms with Crippen molar-refractivity contribution in [3.05, 3.63) is 63.9 Å². The third-order valence-corrected chi connectivity index (χ3v) is 3.15. The number of rotatable bonds is 3. The summed E-state index contributed by atoms with van der Waals surface area (Å²) in [5, 5.41) is 2.66. The van der Waals surface area contributed by atoms with Gasteiger partial charge in [-0.25, -0.2) is 4.39 Å². The Labute approximate surface area is 118 Å². The number of benzene rings is 2. The second-order valence-corrected chi connectivity index (χ2v) is 4.86. The van der Waals surface area contributed by atoms with Gasteiger partial charge in [-0.05, 0) is 29.8 Å². The molecule has 0 radical (unpaired) electrons. The number of amides is 1. The number of para-hydroxylation sites is 1. The van der Waals surface area contributed by atoms with Gasteiger partial charge in [-0.1, -0.05) is 34.1 Å². The minimum Gasteiger partial charge on any atom is -0.326 e. The molecule has 0 saturated heterocycles. The molecular formula is C14H12BrFN2O. The predicted octanol–water partition coefficient (Wildman–Crippen LogP) is 3.30. The first kappa shape index (κ1) is 13.7. The number of carbonyl (C=O) groups is 1. The monoisotopic (exact) mass is 322 g/mol. The van der Waals surface area contributed by atoms with E-state index < -0.39 is 11.7 Å². The third-order valence-electron chi connectivity index (χ3n) is 2.66. The van der Waals surface area contributed by atoms with Crippen molar-refractivity contribution in [2.24, 2.45) is 5.73 Å². The van der Waals surface area contributed by atoms with Gasteiger partial charge < -0.3 is 11.1 Å². The molecule has 19 heavy (non-hydrogen) atoms. The number of carbonyl (C=O) groups excluding carboxylic acids is 1. The molecule has 0 fully saturated rings. The zero-order chi connectivity index (χ0) is 13.8. The summed E-state index contributed by atoms with van der Waals surface area (Å²) in [5.41, 5.74) is 6.97. The topological polar surface area (TPSA) is 55.1 Å². The zero-order valence-corrected chi connectivity index (χ0v) is 11.6. The Hall–Kier alpha value is -1.72. The van der Waals surface area contributed by atoms with Crippen LogP contribution in [0.25, 0.3) is 0 Å². The fourth-order valence-electron chi connectivity index (χ4n) is 1.68. The molecule has 98 valence electrons. The summed E-state index contributed by atoms with van der Waals surface area (Å²) in [5.74, 6) is -1.07. The van der Waals surface area contributed by atoms with Crippen LogP contribution in [-0.2, 0) is 6.54 Å². The fourth-order valence-corrected chi connectivity index (χ4v) is 2.02. The quantitative estimate of drug-likeness (QED) is 0.911. The van der Waals surface area contributed by atoms with Crippen molar-refractivity contribution in [1.29, 1.82) is 0 Å². The van der Waals surface area contributed by atoms with Crippen LogP contribution < -0.4 is 11.1 Å². The summed E-state index contributed by atoms with van der Waals surface area (Å²) in [6, 6.07) is 11.5. The van der Waals surface area contributed by atoms with Crippen LogP contribution in [0, 0.1) is 5.82 Å². The Kier molecular flexibility index (Phi) is 4.29. The van der Waals surface area contributed by atoms with Crippen LogP contribution in [0.4, 0.5) is 10.1 Å². The Bertz CT molecular complexity index is 616. The molecule has 0 aliphatic carbocycles. The summed E-state index contributed by atoms with van der Waals surface area (Å²) < 4.78 is 14.3. The number of hydrogen-bond acceptors (Lipinski definition) is 2. The predicted molar refractivity (Wildman–Crippen MR) is 76.4 cm³/mol. The highest BCUT2D eigenvalue weighted by molar-refractivity contribution is 9.10. The molecule has 0 heterocycles. The highest BCUT2D eigenvalue weighted by Gasteiger charge is 2.13. The van der Waals surface area contributed by atoms with E-state index in [-0.39, 0.29) is 5.56 Å². The maximum atomic E-state index is 13.7. The van der Waals surface area contributed by atoms with E-state index in [1.165, 1.54) is 12.1 Å². The summed E-state index contributed by atoms with van der Waals surface area (Å²) in [6.07, 6.45) is 0. The van der Waals surface area contributed by atoms with Gasteiger partial charge in [0.25, 0.3) is 5.91 Å². The van der Waals surface area contributed by atoms with E-state index in [9.17, 15) is 9.18 Å². The molecular weight excluding hydrogens is 311 g/mol. The lowest BCUT2D eigenvalue weighted by atomic mass is 10.1. The Morgan fingerprint density at radius 3 is 2.68 bits per heavy atom.